The average Bonchev–Trinajstić information content (AvgIpc) is 3.04. The quantitative estimate of drug-likeness (QED) is 0.252. The minimum Gasteiger partial charge on any atom is -0.590 e. The summed E-state index contributed by atoms with van der Waals surface area (Å²) in [5.74, 6) is 1.02. The lowest BCUT2D eigenvalue weighted by molar-refractivity contribution is 0.0733. The Hall–Kier alpha value is -3.35. The smallest absolute Gasteiger partial charge is 0.348 e. The first kappa shape index (κ1) is 18.0. The Bertz CT molecular complexity index is 1120. The fourth-order valence-corrected chi connectivity index (χ4v) is 4.00. The molecule has 0 saturated carbocycles. The Labute approximate surface area is 164 Å². The number of hydrogen-bond acceptors (Lipinski definition) is 5. The van der Waals surface area contributed by atoms with Gasteiger partial charge in [0.05, 0.1) is 7.11 Å². The molecule has 0 aliphatic carbocycles. The number of esters is 1. The van der Waals surface area contributed by atoms with E-state index in [-0.39, 0.29) is 5.56 Å². The van der Waals surface area contributed by atoms with Crippen molar-refractivity contribution in [3.05, 3.63) is 83.7 Å². The highest BCUT2D eigenvalue weighted by atomic mass is 32.2. The number of methoxy groups -OCH3 is 1. The third-order valence-electron chi connectivity index (χ3n) is 4.15. The second-order valence-corrected chi connectivity index (χ2v) is 7.18. The van der Waals surface area contributed by atoms with Gasteiger partial charge in [-0.2, -0.15) is 0 Å². The van der Waals surface area contributed by atoms with Crippen LogP contribution in [0.1, 0.15) is 10.4 Å². The van der Waals surface area contributed by atoms with Gasteiger partial charge >= 0.3 is 5.97 Å². The van der Waals surface area contributed by atoms with Gasteiger partial charge < -0.3 is 18.8 Å². The number of hydrogen-bond donors (Lipinski definition) is 0. The van der Waals surface area contributed by atoms with E-state index in [4.69, 9.17) is 14.2 Å². The molecular weight excluding hydrogens is 376 g/mol. The van der Waals surface area contributed by atoms with E-state index in [1.165, 1.54) is 12.5 Å². The molecule has 4 aromatic rings. The zero-order valence-electron chi connectivity index (χ0n) is 15.0. The molecule has 1 aromatic heterocycles. The summed E-state index contributed by atoms with van der Waals surface area (Å²) >= 11 is 0. The average molecular weight is 392 g/mol. The summed E-state index contributed by atoms with van der Waals surface area (Å²) < 4.78 is 29.8. The number of rotatable bonds is 5. The summed E-state index contributed by atoms with van der Waals surface area (Å²) in [7, 11) is 0.0312. The van der Waals surface area contributed by atoms with Crippen LogP contribution in [-0.4, -0.2) is 17.6 Å². The maximum Gasteiger partial charge on any atom is 0.348 e. The highest BCUT2D eigenvalue weighted by Crippen LogP contribution is 2.44. The standard InChI is InChI=1S/C22H16O5S/c1-25-17-12-13-19-20(21(17)22(23)27-16-10-6-3-7-11-16)18(14-28(19)24)26-15-8-4-2-5-9-15/h2-14H,1H3. The largest absolute Gasteiger partial charge is 0.590 e. The van der Waals surface area contributed by atoms with Gasteiger partial charge in [0.25, 0.3) is 0 Å². The molecule has 28 heavy (non-hydrogen) atoms. The van der Waals surface area contributed by atoms with Crippen molar-refractivity contribution in [3.8, 4) is 23.0 Å². The third-order valence-corrected chi connectivity index (χ3v) is 5.36. The predicted molar refractivity (Wildman–Crippen MR) is 107 cm³/mol. The van der Waals surface area contributed by atoms with Gasteiger partial charge in [0.2, 0.25) is 0 Å². The Kier molecular flexibility index (Phi) is 4.97. The molecule has 0 radical (unpaired) electrons. The summed E-state index contributed by atoms with van der Waals surface area (Å²) in [6, 6.07) is 21.1. The Morgan fingerprint density at radius 3 is 2.14 bits per heavy atom. The lowest BCUT2D eigenvalue weighted by Crippen LogP contribution is -2.11. The molecule has 3 aromatic carbocycles. The number of carbonyl (C=O) groups excluding carboxylic acids is 1. The Balaban J connectivity index is 1.84. The molecule has 1 atom stereocenters. The van der Waals surface area contributed by atoms with Crippen molar-refractivity contribution >= 4 is 26.8 Å². The molecule has 6 heteroatoms. The fraction of sp³-hybridized carbons (Fsp3) is 0.0455. The van der Waals surface area contributed by atoms with E-state index in [9.17, 15) is 9.35 Å². The van der Waals surface area contributed by atoms with Crippen LogP contribution in [0, 0.1) is 0 Å². The van der Waals surface area contributed by atoms with Crippen molar-refractivity contribution in [2.75, 3.05) is 7.11 Å². The van der Waals surface area contributed by atoms with Gasteiger partial charge in [0, 0.05) is 6.07 Å². The second kappa shape index (κ2) is 7.72. The monoisotopic (exact) mass is 392 g/mol. The topological polar surface area (TPSA) is 67.8 Å². The minimum absolute atomic E-state index is 0.178. The van der Waals surface area contributed by atoms with Crippen LogP contribution in [0.15, 0.2) is 78.2 Å². The van der Waals surface area contributed by atoms with Crippen LogP contribution in [0.2, 0.25) is 0 Å². The van der Waals surface area contributed by atoms with E-state index < -0.39 is 16.7 Å². The molecule has 4 rings (SSSR count). The SMILES string of the molecule is COc1ccc2c(c(Oc3ccccc3)c[s+]2[O-])c1C(=O)Oc1ccccc1. The van der Waals surface area contributed by atoms with Gasteiger partial charge in [0.1, 0.15) is 28.2 Å². The van der Waals surface area contributed by atoms with Crippen molar-refractivity contribution in [2.24, 2.45) is 0 Å². The molecule has 0 N–H and O–H groups in total. The summed E-state index contributed by atoms with van der Waals surface area (Å²) in [4.78, 5) is 13.0. The molecular formula is C22H16O5S. The van der Waals surface area contributed by atoms with Crippen LogP contribution in [0.25, 0.3) is 10.1 Å². The van der Waals surface area contributed by atoms with Gasteiger partial charge in [-0.3, -0.25) is 0 Å². The van der Waals surface area contributed by atoms with Gasteiger partial charge in [-0.05, 0) is 41.1 Å². The molecule has 0 aliphatic rings. The van der Waals surface area contributed by atoms with Crippen LogP contribution in [-0.2, 0) is 0 Å². The molecule has 0 bridgehead atoms. The molecule has 0 aliphatic heterocycles. The maximum absolute atomic E-state index is 13.0. The first-order chi connectivity index (χ1) is 13.7. The van der Waals surface area contributed by atoms with Crippen molar-refractivity contribution in [3.63, 3.8) is 0 Å². The van der Waals surface area contributed by atoms with Gasteiger partial charge in [-0.1, -0.05) is 36.4 Å². The number of benzene rings is 3. The molecule has 5 nitrogen and oxygen atoms in total. The molecule has 0 saturated heterocycles. The highest BCUT2D eigenvalue weighted by Gasteiger charge is 2.27. The van der Waals surface area contributed by atoms with Gasteiger partial charge in [0.15, 0.2) is 15.8 Å². The lowest BCUT2D eigenvalue weighted by atomic mass is 10.1. The number of ether oxygens (including phenoxy) is 3. The fourth-order valence-electron chi connectivity index (χ4n) is 2.91. The Morgan fingerprint density at radius 1 is 0.857 bits per heavy atom. The first-order valence-electron chi connectivity index (χ1n) is 8.51. The molecule has 1 unspecified atom stereocenters. The second-order valence-electron chi connectivity index (χ2n) is 5.91. The number of carbonyl (C=O) groups is 1. The van der Waals surface area contributed by atoms with E-state index in [0.29, 0.717) is 33.1 Å². The number of fused-ring (bicyclic) bond motifs is 1. The van der Waals surface area contributed by atoms with E-state index >= 15 is 0 Å². The van der Waals surface area contributed by atoms with Crippen LogP contribution in [0.4, 0.5) is 0 Å². The number of thiophene rings is 1. The number of para-hydroxylation sites is 2. The Morgan fingerprint density at radius 2 is 1.50 bits per heavy atom. The van der Waals surface area contributed by atoms with Crippen LogP contribution < -0.4 is 14.2 Å². The van der Waals surface area contributed by atoms with E-state index in [1.807, 2.05) is 24.3 Å². The molecule has 0 fully saturated rings. The van der Waals surface area contributed by atoms with E-state index in [0.717, 1.165) is 0 Å². The van der Waals surface area contributed by atoms with Crippen LogP contribution in [0.3, 0.4) is 0 Å². The van der Waals surface area contributed by atoms with Crippen LogP contribution in [0.5, 0.6) is 23.0 Å². The van der Waals surface area contributed by atoms with Crippen molar-refractivity contribution in [1.82, 2.24) is 0 Å². The summed E-state index contributed by atoms with van der Waals surface area (Å²) in [6.07, 6.45) is 0. The normalized spacial score (nSPS) is 11.3. The van der Waals surface area contributed by atoms with Crippen molar-refractivity contribution in [2.45, 2.75) is 0 Å². The lowest BCUT2D eigenvalue weighted by Gasteiger charge is -2.10. The summed E-state index contributed by atoms with van der Waals surface area (Å²) in [5, 5.41) is 1.90. The minimum atomic E-state index is -1.44. The summed E-state index contributed by atoms with van der Waals surface area (Å²) in [6.45, 7) is 0. The molecule has 0 spiro atoms. The first-order valence-corrected chi connectivity index (χ1v) is 9.72. The van der Waals surface area contributed by atoms with Gasteiger partial charge in [-0.15, -0.1) is 0 Å². The van der Waals surface area contributed by atoms with E-state index in [1.54, 1.807) is 48.5 Å². The van der Waals surface area contributed by atoms with E-state index in [2.05, 4.69) is 0 Å². The van der Waals surface area contributed by atoms with Gasteiger partial charge in [-0.25, -0.2) is 4.79 Å². The molecule has 1 heterocycles. The third kappa shape index (κ3) is 3.43. The van der Waals surface area contributed by atoms with Crippen LogP contribution >= 0.6 is 10.8 Å². The van der Waals surface area contributed by atoms with Crippen molar-refractivity contribution in [1.29, 1.82) is 0 Å². The molecule has 0 amide bonds. The zero-order chi connectivity index (χ0) is 19.5. The summed E-state index contributed by atoms with van der Waals surface area (Å²) in [5.41, 5.74) is 0.178. The van der Waals surface area contributed by atoms with Crippen molar-refractivity contribution < 1.29 is 23.6 Å². The maximum atomic E-state index is 13.0. The molecule has 140 valence electrons. The predicted octanol–water partition coefficient (Wildman–Crippen LogP) is 5.59. The zero-order valence-corrected chi connectivity index (χ0v) is 15.8. The highest BCUT2D eigenvalue weighted by molar-refractivity contribution is 7.30.